The van der Waals surface area contributed by atoms with Crippen molar-refractivity contribution in [2.45, 2.75) is 31.7 Å². The molecule has 1 aliphatic carbocycles. The molecule has 148 valence electrons. The van der Waals surface area contributed by atoms with Crippen molar-refractivity contribution in [1.29, 1.82) is 0 Å². The average Bonchev–Trinajstić information content (AvgIpc) is 3.37. The summed E-state index contributed by atoms with van der Waals surface area (Å²) in [6.45, 7) is 4.23. The Balaban J connectivity index is 0.00000225. The van der Waals surface area contributed by atoms with Crippen LogP contribution in [0.1, 0.15) is 31.2 Å². The maximum atomic E-state index is 4.71. The van der Waals surface area contributed by atoms with E-state index in [9.17, 15) is 0 Å². The van der Waals surface area contributed by atoms with Gasteiger partial charge in [-0.3, -0.25) is 4.40 Å². The number of rotatable bonds is 6. The molecule has 0 bridgehead atoms. The highest BCUT2D eigenvalue weighted by atomic mass is 127. The first-order valence-electron chi connectivity index (χ1n) is 9.28. The van der Waals surface area contributed by atoms with Crippen LogP contribution in [0.5, 0.6) is 0 Å². The summed E-state index contributed by atoms with van der Waals surface area (Å²) >= 11 is 3.70. The minimum Gasteiger partial charge on any atom is -0.357 e. The number of pyridine rings is 1. The fourth-order valence-corrected chi connectivity index (χ4v) is 4.03. The molecule has 8 heteroatoms. The zero-order valence-electron chi connectivity index (χ0n) is 15.7. The number of hydrogen-bond donors (Lipinski definition) is 2. The SMILES string of the molecule is CCNC(=NCc1nnc2ccccn12)NCC1(c2ccccc2Br)CC1.I. The van der Waals surface area contributed by atoms with Crippen LogP contribution in [0.25, 0.3) is 5.65 Å². The third-order valence-corrected chi connectivity index (χ3v) is 5.69. The minimum absolute atomic E-state index is 0. The van der Waals surface area contributed by atoms with Crippen molar-refractivity contribution in [1.82, 2.24) is 25.2 Å². The molecule has 0 spiro atoms. The zero-order valence-corrected chi connectivity index (χ0v) is 19.6. The molecule has 0 aliphatic heterocycles. The molecular weight excluding hydrogens is 531 g/mol. The maximum Gasteiger partial charge on any atom is 0.191 e. The van der Waals surface area contributed by atoms with Crippen molar-refractivity contribution in [2.75, 3.05) is 13.1 Å². The van der Waals surface area contributed by atoms with Gasteiger partial charge in [-0.2, -0.15) is 0 Å². The van der Waals surface area contributed by atoms with Gasteiger partial charge in [0.25, 0.3) is 0 Å². The Morgan fingerprint density at radius 1 is 1.14 bits per heavy atom. The summed E-state index contributed by atoms with van der Waals surface area (Å²) < 4.78 is 3.15. The van der Waals surface area contributed by atoms with Gasteiger partial charge in [0.2, 0.25) is 0 Å². The van der Waals surface area contributed by atoms with E-state index in [4.69, 9.17) is 4.99 Å². The van der Waals surface area contributed by atoms with Crippen molar-refractivity contribution in [3.8, 4) is 0 Å². The van der Waals surface area contributed by atoms with E-state index in [1.165, 1.54) is 22.9 Å². The molecule has 0 amide bonds. The van der Waals surface area contributed by atoms with Crippen molar-refractivity contribution in [2.24, 2.45) is 4.99 Å². The lowest BCUT2D eigenvalue weighted by molar-refractivity contribution is 0.642. The molecule has 4 rings (SSSR count). The highest BCUT2D eigenvalue weighted by Crippen LogP contribution is 2.49. The summed E-state index contributed by atoms with van der Waals surface area (Å²) in [6, 6.07) is 14.4. The normalized spacial score (nSPS) is 15.1. The minimum atomic E-state index is 0. The van der Waals surface area contributed by atoms with Gasteiger partial charge >= 0.3 is 0 Å². The second-order valence-electron chi connectivity index (χ2n) is 6.85. The Hall–Kier alpha value is -1.68. The highest BCUT2D eigenvalue weighted by Gasteiger charge is 2.45. The molecule has 2 N–H and O–H groups in total. The first-order chi connectivity index (χ1) is 13.2. The van der Waals surface area contributed by atoms with Gasteiger partial charge in [-0.25, -0.2) is 4.99 Å². The third-order valence-electron chi connectivity index (χ3n) is 5.00. The molecule has 1 saturated carbocycles. The number of halogens is 2. The summed E-state index contributed by atoms with van der Waals surface area (Å²) in [6.07, 6.45) is 4.35. The van der Waals surface area contributed by atoms with E-state index in [0.29, 0.717) is 6.54 Å². The van der Waals surface area contributed by atoms with E-state index in [1.807, 2.05) is 28.8 Å². The fourth-order valence-electron chi connectivity index (χ4n) is 3.33. The number of benzene rings is 1. The molecular formula is C20H24BrIN6. The summed E-state index contributed by atoms with van der Waals surface area (Å²) in [4.78, 5) is 4.71. The van der Waals surface area contributed by atoms with Crippen LogP contribution in [0, 0.1) is 0 Å². The topological polar surface area (TPSA) is 66.6 Å². The van der Waals surface area contributed by atoms with Gasteiger partial charge in [-0.15, -0.1) is 34.2 Å². The third kappa shape index (κ3) is 4.48. The lowest BCUT2D eigenvalue weighted by Gasteiger charge is -2.20. The van der Waals surface area contributed by atoms with Gasteiger partial charge in [0, 0.05) is 29.2 Å². The van der Waals surface area contributed by atoms with Crippen LogP contribution < -0.4 is 10.6 Å². The first-order valence-corrected chi connectivity index (χ1v) is 10.1. The molecule has 6 nitrogen and oxygen atoms in total. The predicted octanol–water partition coefficient (Wildman–Crippen LogP) is 3.90. The van der Waals surface area contributed by atoms with Crippen molar-refractivity contribution >= 4 is 51.5 Å². The lowest BCUT2D eigenvalue weighted by Crippen LogP contribution is -2.41. The first kappa shape index (κ1) is 21.0. The van der Waals surface area contributed by atoms with Crippen LogP contribution in [-0.4, -0.2) is 33.6 Å². The smallest absolute Gasteiger partial charge is 0.191 e. The molecule has 28 heavy (non-hydrogen) atoms. The average molecular weight is 555 g/mol. The number of aromatic nitrogens is 3. The molecule has 2 heterocycles. The van der Waals surface area contributed by atoms with Crippen molar-refractivity contribution < 1.29 is 0 Å². The number of hydrogen-bond acceptors (Lipinski definition) is 3. The Morgan fingerprint density at radius 2 is 1.93 bits per heavy atom. The molecule has 0 radical (unpaired) electrons. The molecule has 3 aromatic rings. The number of nitrogens with one attached hydrogen (secondary N) is 2. The van der Waals surface area contributed by atoms with Gasteiger partial charge in [0.1, 0.15) is 6.54 Å². The predicted molar refractivity (Wildman–Crippen MR) is 126 cm³/mol. The monoisotopic (exact) mass is 554 g/mol. The van der Waals surface area contributed by atoms with Gasteiger partial charge in [0.05, 0.1) is 0 Å². The van der Waals surface area contributed by atoms with Crippen LogP contribution in [-0.2, 0) is 12.0 Å². The Kier molecular flexibility index (Phi) is 6.92. The Bertz CT molecular complexity index is 966. The van der Waals surface area contributed by atoms with Gasteiger partial charge < -0.3 is 10.6 Å². The van der Waals surface area contributed by atoms with Gasteiger partial charge in [-0.05, 0) is 43.5 Å². The van der Waals surface area contributed by atoms with E-state index in [0.717, 1.165) is 30.5 Å². The second-order valence-corrected chi connectivity index (χ2v) is 7.71. The lowest BCUT2D eigenvalue weighted by atomic mass is 9.96. The van der Waals surface area contributed by atoms with Crippen molar-refractivity contribution in [3.05, 3.63) is 64.5 Å². The summed E-state index contributed by atoms with van der Waals surface area (Å²) in [7, 11) is 0. The second kappa shape index (κ2) is 9.21. The number of guanidine groups is 1. The number of nitrogens with zero attached hydrogens (tertiary/aromatic N) is 4. The van der Waals surface area contributed by atoms with E-state index in [2.05, 4.69) is 68.0 Å². The molecule has 1 fully saturated rings. The molecule has 0 atom stereocenters. The zero-order chi connectivity index (χ0) is 18.7. The number of aliphatic imine (C=N–C) groups is 1. The van der Waals surface area contributed by atoms with Gasteiger partial charge in [-0.1, -0.05) is 40.2 Å². The quantitative estimate of drug-likeness (QED) is 0.275. The van der Waals surface area contributed by atoms with Crippen LogP contribution in [0.15, 0.2) is 58.1 Å². The molecule has 2 aromatic heterocycles. The maximum absolute atomic E-state index is 4.71. The fraction of sp³-hybridized carbons (Fsp3) is 0.350. The summed E-state index contributed by atoms with van der Waals surface area (Å²) in [5, 5.41) is 15.3. The van der Waals surface area contributed by atoms with Crippen LogP contribution in [0.3, 0.4) is 0 Å². The van der Waals surface area contributed by atoms with Crippen LogP contribution >= 0.6 is 39.9 Å². The Labute approximate surface area is 190 Å². The van der Waals surface area contributed by atoms with Crippen molar-refractivity contribution in [3.63, 3.8) is 0 Å². The summed E-state index contributed by atoms with van der Waals surface area (Å²) in [5.41, 5.74) is 2.40. The van der Waals surface area contributed by atoms with Crippen LogP contribution in [0.4, 0.5) is 0 Å². The van der Waals surface area contributed by atoms with E-state index in [-0.39, 0.29) is 29.4 Å². The Morgan fingerprint density at radius 3 is 2.68 bits per heavy atom. The highest BCUT2D eigenvalue weighted by molar-refractivity contribution is 14.0. The summed E-state index contributed by atoms with van der Waals surface area (Å²) in [5.74, 6) is 1.64. The van der Waals surface area contributed by atoms with Gasteiger partial charge in [0.15, 0.2) is 17.4 Å². The largest absolute Gasteiger partial charge is 0.357 e. The molecule has 1 aromatic carbocycles. The molecule has 0 saturated heterocycles. The van der Waals surface area contributed by atoms with E-state index in [1.54, 1.807) is 0 Å². The van der Waals surface area contributed by atoms with E-state index < -0.39 is 0 Å². The molecule has 0 unspecified atom stereocenters. The molecule has 1 aliphatic rings. The number of fused-ring (bicyclic) bond motifs is 1. The van der Waals surface area contributed by atoms with E-state index >= 15 is 0 Å². The standard InChI is InChI=1S/C20H23BrN6.HI/c1-2-22-19(23-13-18-26-25-17-9-5-6-12-27(17)18)24-14-20(10-11-20)15-7-3-4-8-16(15)21;/h3-9,12H,2,10-11,13-14H2,1H3,(H2,22,23,24);1H. The van der Waals surface area contributed by atoms with Crippen LogP contribution in [0.2, 0.25) is 0 Å².